The number of carbonyl (C=O) groups excluding carboxylic acids is 1. The zero-order chi connectivity index (χ0) is 25.3. The van der Waals surface area contributed by atoms with Crippen LogP contribution in [0, 0.1) is 18.3 Å². The van der Waals surface area contributed by atoms with Gasteiger partial charge in [0.25, 0.3) is 5.56 Å². The van der Waals surface area contributed by atoms with E-state index in [9.17, 15) is 20.0 Å². The predicted molar refractivity (Wildman–Crippen MR) is 129 cm³/mol. The lowest BCUT2D eigenvalue weighted by atomic mass is 9.97. The second-order valence-electron chi connectivity index (χ2n) is 7.84. The van der Waals surface area contributed by atoms with Gasteiger partial charge in [-0.15, -0.1) is 0 Å². The van der Waals surface area contributed by atoms with Gasteiger partial charge in [-0.1, -0.05) is 36.2 Å². The second kappa shape index (κ2) is 9.90. The zero-order valence-corrected chi connectivity index (χ0v) is 20.4. The number of rotatable bonds is 7. The molecule has 1 N–H and O–H groups in total. The first-order valence-electron chi connectivity index (χ1n) is 10.7. The molecule has 8 nitrogen and oxygen atoms in total. The molecule has 0 bridgehead atoms. The smallest absolute Gasteiger partial charge is 0.271 e. The summed E-state index contributed by atoms with van der Waals surface area (Å²) in [6, 6.07) is 9.63. The Morgan fingerprint density at radius 1 is 1.20 bits per heavy atom. The van der Waals surface area contributed by atoms with Gasteiger partial charge in [0, 0.05) is 5.56 Å². The molecule has 0 amide bonds. The summed E-state index contributed by atoms with van der Waals surface area (Å²) in [7, 11) is 0. The highest BCUT2D eigenvalue weighted by atomic mass is 35.5. The fourth-order valence-corrected chi connectivity index (χ4v) is 4.36. The highest BCUT2D eigenvalue weighted by Gasteiger charge is 2.26. The maximum Gasteiger partial charge on any atom is 0.271 e. The number of ketones is 1. The lowest BCUT2D eigenvalue weighted by Crippen LogP contribution is -2.27. The van der Waals surface area contributed by atoms with Gasteiger partial charge in [-0.3, -0.25) is 14.2 Å². The number of carbonyl (C=O) groups is 1. The van der Waals surface area contributed by atoms with Crippen molar-refractivity contribution >= 4 is 29.0 Å². The monoisotopic (exact) mass is 514 g/mol. The average molecular weight is 515 g/mol. The molecule has 1 aliphatic rings. The molecule has 0 unspecified atom stereocenters. The Bertz CT molecular complexity index is 1420. The number of hydrogen-bond donors (Lipinski definition) is 1. The third-order valence-corrected chi connectivity index (χ3v) is 6.08. The van der Waals surface area contributed by atoms with Crippen LogP contribution in [0.15, 0.2) is 35.1 Å². The first kappa shape index (κ1) is 24.5. The van der Waals surface area contributed by atoms with E-state index in [4.69, 9.17) is 37.4 Å². The van der Waals surface area contributed by atoms with Crippen LogP contribution >= 0.6 is 23.2 Å². The normalized spacial score (nSPS) is 11.9. The molecule has 1 aromatic heterocycles. The van der Waals surface area contributed by atoms with Gasteiger partial charge in [-0.25, -0.2) is 0 Å². The molecule has 4 rings (SSSR count). The van der Waals surface area contributed by atoms with Crippen molar-refractivity contribution in [3.63, 3.8) is 0 Å². The molecule has 0 saturated carbocycles. The van der Waals surface area contributed by atoms with E-state index in [0.717, 1.165) is 11.0 Å². The first-order chi connectivity index (χ1) is 16.8. The molecule has 0 radical (unpaired) electrons. The minimum Gasteiger partial charge on any atom is -0.494 e. The largest absolute Gasteiger partial charge is 0.494 e. The number of aromatic nitrogens is 1. The summed E-state index contributed by atoms with van der Waals surface area (Å²) < 4.78 is 17.2. The molecule has 1 aliphatic heterocycles. The molecule has 0 atom stereocenters. The molecule has 35 heavy (non-hydrogen) atoms. The van der Waals surface area contributed by atoms with Gasteiger partial charge in [-0.2, -0.15) is 5.26 Å². The molecule has 0 spiro atoms. The molecule has 0 saturated heterocycles. The van der Waals surface area contributed by atoms with Crippen LogP contribution in [0.2, 0.25) is 10.0 Å². The third kappa shape index (κ3) is 4.53. The van der Waals surface area contributed by atoms with E-state index >= 15 is 0 Å². The van der Waals surface area contributed by atoms with E-state index in [0.29, 0.717) is 23.7 Å². The number of hydrogen-bond acceptors (Lipinski definition) is 7. The molecular weight excluding hydrogens is 495 g/mol. The highest BCUT2D eigenvalue weighted by molar-refractivity contribution is 6.38. The molecule has 2 aromatic carbocycles. The predicted octanol–water partition coefficient (Wildman–Crippen LogP) is 4.84. The number of nitriles is 1. The summed E-state index contributed by atoms with van der Waals surface area (Å²) in [6.45, 7) is 3.72. The van der Waals surface area contributed by atoms with Gasteiger partial charge in [0.15, 0.2) is 23.0 Å². The van der Waals surface area contributed by atoms with Crippen molar-refractivity contribution in [3.8, 4) is 29.2 Å². The van der Waals surface area contributed by atoms with Gasteiger partial charge in [0.05, 0.1) is 28.8 Å². The summed E-state index contributed by atoms with van der Waals surface area (Å²) in [6.07, 6.45) is 0.738. The Balaban J connectivity index is 1.80. The van der Waals surface area contributed by atoms with Crippen molar-refractivity contribution < 1.29 is 24.1 Å². The van der Waals surface area contributed by atoms with E-state index in [1.54, 1.807) is 18.2 Å². The molecule has 10 heteroatoms. The van der Waals surface area contributed by atoms with Crippen molar-refractivity contribution in [3.05, 3.63) is 78.5 Å². The van der Waals surface area contributed by atoms with Crippen LogP contribution in [0.25, 0.3) is 0 Å². The number of benzene rings is 2. The van der Waals surface area contributed by atoms with Crippen molar-refractivity contribution in [2.75, 3.05) is 13.4 Å². The van der Waals surface area contributed by atoms with Gasteiger partial charge in [-0.05, 0) is 48.7 Å². The van der Waals surface area contributed by atoms with Gasteiger partial charge in [0.2, 0.25) is 12.7 Å². The van der Waals surface area contributed by atoms with E-state index in [2.05, 4.69) is 0 Å². The van der Waals surface area contributed by atoms with Gasteiger partial charge >= 0.3 is 0 Å². The summed E-state index contributed by atoms with van der Waals surface area (Å²) in [5, 5.41) is 20.9. The van der Waals surface area contributed by atoms with Crippen LogP contribution in [0.3, 0.4) is 0 Å². The number of fused-ring (bicyclic) bond motifs is 1. The summed E-state index contributed by atoms with van der Waals surface area (Å²) >= 11 is 12.6. The maximum absolute atomic E-state index is 13.5. The molecule has 3 aromatic rings. The number of aromatic hydroxyl groups is 1. The summed E-state index contributed by atoms with van der Waals surface area (Å²) in [5.74, 6) is 0.0733. The highest BCUT2D eigenvalue weighted by Crippen LogP contribution is 2.37. The molecule has 2 heterocycles. The van der Waals surface area contributed by atoms with Crippen LogP contribution in [-0.4, -0.2) is 28.9 Å². The Morgan fingerprint density at radius 3 is 2.54 bits per heavy atom. The van der Waals surface area contributed by atoms with Gasteiger partial charge in [0.1, 0.15) is 11.6 Å². The Morgan fingerprint density at radius 2 is 1.89 bits per heavy atom. The minimum atomic E-state index is -0.726. The Hall–Kier alpha value is -3.67. The second-order valence-corrected chi connectivity index (χ2v) is 8.65. The molecular formula is C25H20Cl2N2O6. The zero-order valence-electron chi connectivity index (χ0n) is 18.9. The van der Waals surface area contributed by atoms with E-state index in [1.807, 2.05) is 13.0 Å². The molecule has 0 fully saturated rings. The average Bonchev–Trinajstić information content (AvgIpc) is 3.29. The van der Waals surface area contributed by atoms with Crippen molar-refractivity contribution in [1.29, 1.82) is 5.26 Å². The summed E-state index contributed by atoms with van der Waals surface area (Å²) in [5.41, 5.74) is -0.458. The van der Waals surface area contributed by atoms with Crippen molar-refractivity contribution in [2.45, 2.75) is 26.8 Å². The summed E-state index contributed by atoms with van der Waals surface area (Å²) in [4.78, 5) is 26.5. The fraction of sp³-hybridized carbons (Fsp3) is 0.240. The lowest BCUT2D eigenvalue weighted by Gasteiger charge is -2.17. The van der Waals surface area contributed by atoms with E-state index < -0.39 is 17.2 Å². The first-order valence-corrected chi connectivity index (χ1v) is 11.4. The SMILES string of the molecule is CCCOc1c(Cl)cc(C(=O)c2c(C)c(C#N)c(=O)n(Cc3ccc4c(c3)OCO4)c2O)cc1Cl. The number of halogens is 2. The minimum absolute atomic E-state index is 0.0560. The Labute approximate surface area is 210 Å². The fourth-order valence-electron chi connectivity index (χ4n) is 3.77. The van der Waals surface area contributed by atoms with Crippen molar-refractivity contribution in [2.24, 2.45) is 0 Å². The lowest BCUT2D eigenvalue weighted by molar-refractivity contribution is 0.103. The van der Waals surface area contributed by atoms with Crippen LogP contribution in [0.4, 0.5) is 0 Å². The molecule has 180 valence electrons. The maximum atomic E-state index is 13.5. The Kier molecular flexibility index (Phi) is 6.92. The number of pyridine rings is 1. The topological polar surface area (TPSA) is 111 Å². The van der Waals surface area contributed by atoms with E-state index in [1.165, 1.54) is 19.1 Å². The van der Waals surface area contributed by atoms with Crippen LogP contribution in [-0.2, 0) is 6.54 Å². The third-order valence-electron chi connectivity index (χ3n) is 5.52. The molecule has 0 aliphatic carbocycles. The number of ether oxygens (including phenoxy) is 3. The number of nitrogens with zero attached hydrogens (tertiary/aromatic N) is 2. The van der Waals surface area contributed by atoms with E-state index in [-0.39, 0.29) is 51.4 Å². The van der Waals surface area contributed by atoms with Crippen LogP contribution in [0.5, 0.6) is 23.1 Å². The van der Waals surface area contributed by atoms with Crippen LogP contribution in [0.1, 0.15) is 46.0 Å². The van der Waals surface area contributed by atoms with Gasteiger partial charge < -0.3 is 19.3 Å². The van der Waals surface area contributed by atoms with Crippen molar-refractivity contribution in [1.82, 2.24) is 4.57 Å². The quantitative estimate of drug-likeness (QED) is 0.449. The standard InChI is InChI=1S/C25H20Cl2N2O6/c1-3-6-33-23-17(26)8-15(9-18(23)27)22(30)21-13(2)16(10-28)24(31)29(25(21)32)11-14-4-5-19-20(7-14)35-12-34-19/h4-5,7-9,32H,3,6,11-12H2,1-2H3. The van der Waals surface area contributed by atoms with Crippen LogP contribution < -0.4 is 19.8 Å².